The molecule has 4 rings (SSSR count). The van der Waals surface area contributed by atoms with Crippen LogP contribution in [0.4, 0.5) is 5.69 Å². The molecule has 0 unspecified atom stereocenters. The summed E-state index contributed by atoms with van der Waals surface area (Å²) in [5, 5.41) is 20.9. The third kappa shape index (κ3) is 3.26. The normalized spacial score (nSPS) is 22.5. The number of ketones is 1. The maximum Gasteiger partial charge on any atom is 0.176 e. The molecular formula is C27H27N3O3. The van der Waals surface area contributed by atoms with Gasteiger partial charge in [0.05, 0.1) is 38.4 Å². The molecule has 2 heterocycles. The van der Waals surface area contributed by atoms with Crippen LogP contribution < -0.4 is 14.4 Å². The van der Waals surface area contributed by atoms with Gasteiger partial charge in [0.1, 0.15) is 0 Å². The van der Waals surface area contributed by atoms with Gasteiger partial charge in [-0.25, -0.2) is 0 Å². The van der Waals surface area contributed by atoms with E-state index < -0.39 is 28.8 Å². The molecule has 1 fully saturated rings. The van der Waals surface area contributed by atoms with Crippen LogP contribution in [0, 0.1) is 33.5 Å². The monoisotopic (exact) mass is 441 g/mol. The van der Waals surface area contributed by atoms with E-state index in [0.717, 1.165) is 11.3 Å². The molecule has 0 aliphatic carbocycles. The number of fused-ring (bicyclic) bond motifs is 3. The lowest BCUT2D eigenvalue weighted by molar-refractivity contribution is -0.127. The number of Topliss-reactive ketones (excluding diaryl/α,β-unsaturated/α-hetero) is 1. The summed E-state index contributed by atoms with van der Waals surface area (Å²) < 4.78 is 10.9. The Morgan fingerprint density at radius 3 is 2.30 bits per heavy atom. The number of ether oxygens (including phenoxy) is 2. The molecule has 0 amide bonds. The number of rotatable bonds is 4. The van der Waals surface area contributed by atoms with Crippen molar-refractivity contribution >= 4 is 17.5 Å². The summed E-state index contributed by atoms with van der Waals surface area (Å²) in [4.78, 5) is 16.0. The SMILES string of the molecule is COc1ccc([C@H]2[C@@H](C(=O)C(C)(C)C)N3c4ccccc4C=C[C@@H]3C2(C#N)C#N)cc1OC. The molecule has 2 aromatic carbocycles. The van der Waals surface area contributed by atoms with E-state index in [4.69, 9.17) is 9.47 Å². The van der Waals surface area contributed by atoms with Gasteiger partial charge < -0.3 is 14.4 Å². The molecule has 0 saturated carbocycles. The lowest BCUT2D eigenvalue weighted by Gasteiger charge is -2.37. The number of nitrogens with zero attached hydrogens (tertiary/aromatic N) is 3. The summed E-state index contributed by atoms with van der Waals surface area (Å²) in [6.07, 6.45) is 3.83. The first kappa shape index (κ1) is 22.4. The second-order valence-corrected chi connectivity index (χ2v) is 9.51. The molecule has 2 aromatic rings. The summed E-state index contributed by atoms with van der Waals surface area (Å²) in [6, 6.07) is 16.5. The standard InChI is InChI=1S/C27H27N3O3/c1-26(2,3)25(31)24-23(18-10-12-20(32-4)21(14-18)33-5)27(15-28,16-29)22-13-11-17-8-6-7-9-19(17)30(22)24/h6-14,22-24H,1-5H3/t22-,23+,24+/m1/s1. The Morgan fingerprint density at radius 2 is 1.70 bits per heavy atom. The van der Waals surface area contributed by atoms with Gasteiger partial charge in [0, 0.05) is 17.0 Å². The average Bonchev–Trinajstić information content (AvgIpc) is 3.13. The third-order valence-electron chi connectivity index (χ3n) is 6.69. The highest BCUT2D eigenvalue weighted by molar-refractivity contribution is 5.96. The Morgan fingerprint density at radius 1 is 1.03 bits per heavy atom. The van der Waals surface area contributed by atoms with Gasteiger partial charge >= 0.3 is 0 Å². The molecule has 0 spiro atoms. The first-order valence-electron chi connectivity index (χ1n) is 10.9. The van der Waals surface area contributed by atoms with Crippen molar-refractivity contribution < 1.29 is 14.3 Å². The molecule has 6 nitrogen and oxygen atoms in total. The number of anilines is 1. The van der Waals surface area contributed by atoms with Crippen LogP contribution in [0.1, 0.15) is 37.8 Å². The van der Waals surface area contributed by atoms with Gasteiger partial charge in [0.2, 0.25) is 0 Å². The van der Waals surface area contributed by atoms with Crippen LogP contribution in [0.2, 0.25) is 0 Å². The van der Waals surface area contributed by atoms with Crippen molar-refractivity contribution in [3.05, 3.63) is 59.7 Å². The number of carbonyl (C=O) groups excluding carboxylic acids is 1. The van der Waals surface area contributed by atoms with Crippen LogP contribution in [0.5, 0.6) is 11.5 Å². The molecule has 1 saturated heterocycles. The van der Waals surface area contributed by atoms with Crippen molar-refractivity contribution in [2.24, 2.45) is 10.8 Å². The van der Waals surface area contributed by atoms with Gasteiger partial charge in [-0.2, -0.15) is 10.5 Å². The fourth-order valence-electron chi connectivity index (χ4n) is 5.10. The van der Waals surface area contributed by atoms with Crippen LogP contribution in [0.3, 0.4) is 0 Å². The Labute approximate surface area is 194 Å². The number of hydrogen-bond acceptors (Lipinski definition) is 6. The fraction of sp³-hybridized carbons (Fsp3) is 0.370. The molecule has 0 bridgehead atoms. The molecular weight excluding hydrogens is 414 g/mol. The molecule has 168 valence electrons. The highest BCUT2D eigenvalue weighted by Crippen LogP contribution is 2.56. The Hall–Kier alpha value is -3.77. The van der Waals surface area contributed by atoms with E-state index in [9.17, 15) is 15.3 Å². The molecule has 6 heteroatoms. The van der Waals surface area contributed by atoms with Gasteiger partial charge in [-0.1, -0.05) is 57.2 Å². The molecule has 2 aliphatic rings. The van der Waals surface area contributed by atoms with Crippen molar-refractivity contribution in [2.75, 3.05) is 19.1 Å². The zero-order valence-electron chi connectivity index (χ0n) is 19.5. The van der Waals surface area contributed by atoms with Crippen molar-refractivity contribution in [2.45, 2.75) is 38.8 Å². The largest absolute Gasteiger partial charge is 0.493 e. The molecule has 2 aliphatic heterocycles. The van der Waals surface area contributed by atoms with Gasteiger partial charge in [0.15, 0.2) is 22.7 Å². The van der Waals surface area contributed by atoms with E-state index in [0.29, 0.717) is 17.1 Å². The summed E-state index contributed by atoms with van der Waals surface area (Å²) in [7, 11) is 3.09. The zero-order valence-corrected chi connectivity index (χ0v) is 19.5. The molecule has 0 radical (unpaired) electrons. The van der Waals surface area contributed by atoms with Crippen LogP contribution in [-0.4, -0.2) is 32.1 Å². The fourth-order valence-corrected chi connectivity index (χ4v) is 5.10. The number of carbonyl (C=O) groups is 1. The Bertz CT molecular complexity index is 1200. The lowest BCUT2D eigenvalue weighted by Crippen LogP contribution is -2.47. The maximum absolute atomic E-state index is 14.0. The van der Waals surface area contributed by atoms with Crippen molar-refractivity contribution in [3.63, 3.8) is 0 Å². The minimum absolute atomic E-state index is 0.0234. The maximum atomic E-state index is 14.0. The lowest BCUT2D eigenvalue weighted by atomic mass is 9.67. The summed E-state index contributed by atoms with van der Waals surface area (Å²) in [5.41, 5.74) is 0.346. The van der Waals surface area contributed by atoms with Crippen LogP contribution in [0.25, 0.3) is 6.08 Å². The first-order valence-corrected chi connectivity index (χ1v) is 10.9. The molecule has 0 N–H and O–H groups in total. The van der Waals surface area contributed by atoms with Gasteiger partial charge in [-0.3, -0.25) is 4.79 Å². The number of nitriles is 2. The van der Waals surface area contributed by atoms with Crippen molar-refractivity contribution in [3.8, 4) is 23.6 Å². The smallest absolute Gasteiger partial charge is 0.176 e. The van der Waals surface area contributed by atoms with Gasteiger partial charge in [-0.05, 0) is 29.3 Å². The number of para-hydroxylation sites is 1. The van der Waals surface area contributed by atoms with E-state index in [-0.39, 0.29) is 5.78 Å². The highest BCUT2D eigenvalue weighted by atomic mass is 16.5. The van der Waals surface area contributed by atoms with E-state index >= 15 is 0 Å². The predicted octanol–water partition coefficient (Wildman–Crippen LogP) is 4.72. The predicted molar refractivity (Wildman–Crippen MR) is 126 cm³/mol. The zero-order chi connectivity index (χ0) is 24.0. The number of benzene rings is 2. The van der Waals surface area contributed by atoms with Crippen molar-refractivity contribution in [1.82, 2.24) is 0 Å². The summed E-state index contributed by atoms with van der Waals surface area (Å²) in [5.74, 6) is 0.313. The van der Waals surface area contributed by atoms with Crippen LogP contribution in [0.15, 0.2) is 48.5 Å². The minimum Gasteiger partial charge on any atom is -0.493 e. The second-order valence-electron chi connectivity index (χ2n) is 9.51. The van der Waals surface area contributed by atoms with Gasteiger partial charge in [0.25, 0.3) is 0 Å². The molecule has 33 heavy (non-hydrogen) atoms. The van der Waals surface area contributed by atoms with Crippen molar-refractivity contribution in [1.29, 1.82) is 10.5 Å². The average molecular weight is 442 g/mol. The number of methoxy groups -OCH3 is 2. The first-order chi connectivity index (χ1) is 15.7. The topological polar surface area (TPSA) is 86.4 Å². The summed E-state index contributed by atoms with van der Waals surface area (Å²) in [6.45, 7) is 5.63. The second kappa shape index (κ2) is 7.98. The van der Waals surface area contributed by atoms with Crippen LogP contribution in [-0.2, 0) is 4.79 Å². The van der Waals surface area contributed by atoms with E-state index in [1.165, 1.54) is 7.11 Å². The molecule has 0 aromatic heterocycles. The van der Waals surface area contributed by atoms with E-state index in [1.54, 1.807) is 19.2 Å². The Kier molecular flexibility index (Phi) is 5.42. The third-order valence-corrected chi connectivity index (χ3v) is 6.69. The molecule has 3 atom stereocenters. The summed E-state index contributed by atoms with van der Waals surface area (Å²) >= 11 is 0. The Balaban J connectivity index is 2.03. The highest BCUT2D eigenvalue weighted by Gasteiger charge is 2.64. The minimum atomic E-state index is -1.48. The van der Waals surface area contributed by atoms with E-state index in [1.807, 2.05) is 68.2 Å². The quantitative estimate of drug-likeness (QED) is 0.682. The van der Waals surface area contributed by atoms with E-state index in [2.05, 4.69) is 12.1 Å². The number of hydrogen-bond donors (Lipinski definition) is 0. The van der Waals surface area contributed by atoms with Crippen LogP contribution >= 0.6 is 0 Å². The van der Waals surface area contributed by atoms with Gasteiger partial charge in [-0.15, -0.1) is 0 Å².